The van der Waals surface area contributed by atoms with Crippen molar-refractivity contribution in [3.63, 3.8) is 0 Å². The molecule has 0 spiro atoms. The molecule has 0 amide bonds. The molecule has 2 N–H and O–H groups in total. The normalized spacial score (nSPS) is 25.4. The van der Waals surface area contributed by atoms with Crippen molar-refractivity contribution in [2.45, 2.75) is 43.1 Å². The van der Waals surface area contributed by atoms with Crippen LogP contribution in [0, 0.1) is 10.7 Å². The van der Waals surface area contributed by atoms with Crippen LogP contribution in [0.25, 0.3) is 0 Å². The summed E-state index contributed by atoms with van der Waals surface area (Å²) in [6.07, 6.45) is -1.42. The fourth-order valence-electron chi connectivity index (χ4n) is 2.46. The Morgan fingerprint density at radius 1 is 1.56 bits per heavy atom. The number of thioether (sulfide) groups is 1. The Kier molecular flexibility index (Phi) is 5.46. The van der Waals surface area contributed by atoms with Gasteiger partial charge in [0, 0.05) is 19.5 Å². The average Bonchev–Trinajstić information content (AvgIpc) is 2.86. The quantitative estimate of drug-likeness (QED) is 0.389. The summed E-state index contributed by atoms with van der Waals surface area (Å²) >= 11 is 0.552. The number of rotatable bonds is 5. The summed E-state index contributed by atoms with van der Waals surface area (Å²) in [4.78, 5) is 48.5. The molecule has 1 aromatic rings. The maximum Gasteiger partial charge on any atom is 0.330 e. The summed E-state index contributed by atoms with van der Waals surface area (Å²) in [6.45, 7) is 1.94. The monoisotopic (exact) mass is 369 g/mol. The molecular weight excluding hydrogens is 354 g/mol. The zero-order chi connectivity index (χ0) is 18.8. The molecule has 10 nitrogen and oxygen atoms in total. The average molecular weight is 369 g/mol. The Labute approximate surface area is 145 Å². The lowest BCUT2D eigenvalue weighted by Gasteiger charge is -2.24. The number of ether oxygens (including phenoxy) is 2. The molecular formula is C14H15N3O7S. The number of aliphatic hydroxyl groups is 1. The van der Waals surface area contributed by atoms with Crippen molar-refractivity contribution >= 4 is 23.5 Å². The highest BCUT2D eigenvalue weighted by Gasteiger charge is 2.52. The minimum atomic E-state index is -1.96. The standard InChI is InChI=1S/C14H15N3O7S/c1-7(18)14(22)3-11(24-10(14)5-23-8(2)19)17-4-9(25-6-15)12(20)16-13(17)21/h4,10-11,22H,3,5H2,1-2H3,(H,16,20,21)/t10-,11-,14-/m1/s1. The second-order valence-electron chi connectivity index (χ2n) is 5.42. The van der Waals surface area contributed by atoms with Crippen LogP contribution in [0.1, 0.15) is 26.5 Å². The minimum absolute atomic E-state index is 0.0412. The topological polar surface area (TPSA) is 151 Å². The summed E-state index contributed by atoms with van der Waals surface area (Å²) in [6, 6.07) is 0. The molecule has 1 aromatic heterocycles. The van der Waals surface area contributed by atoms with E-state index >= 15 is 0 Å². The fourth-order valence-corrected chi connectivity index (χ4v) is 2.86. The van der Waals surface area contributed by atoms with E-state index in [2.05, 4.69) is 0 Å². The zero-order valence-electron chi connectivity index (χ0n) is 13.3. The summed E-state index contributed by atoms with van der Waals surface area (Å²) in [5.41, 5.74) is -3.52. The van der Waals surface area contributed by atoms with E-state index < -0.39 is 40.9 Å². The lowest BCUT2D eigenvalue weighted by molar-refractivity contribution is -0.157. The minimum Gasteiger partial charge on any atom is -0.463 e. The maximum absolute atomic E-state index is 12.0. The molecule has 1 aliphatic rings. The Morgan fingerprint density at radius 3 is 2.80 bits per heavy atom. The predicted octanol–water partition coefficient (Wildman–Crippen LogP) is -0.720. The third-order valence-electron chi connectivity index (χ3n) is 3.79. The molecule has 0 bridgehead atoms. The number of esters is 1. The van der Waals surface area contributed by atoms with Crippen molar-refractivity contribution in [3.8, 4) is 5.40 Å². The van der Waals surface area contributed by atoms with Gasteiger partial charge < -0.3 is 14.6 Å². The first kappa shape index (κ1) is 18.9. The van der Waals surface area contributed by atoms with Crippen LogP contribution >= 0.6 is 11.8 Å². The van der Waals surface area contributed by atoms with E-state index in [0.717, 1.165) is 24.6 Å². The molecule has 0 aromatic carbocycles. The van der Waals surface area contributed by atoms with Gasteiger partial charge in [-0.3, -0.25) is 23.9 Å². The van der Waals surface area contributed by atoms with Gasteiger partial charge in [0.05, 0.1) is 0 Å². The predicted molar refractivity (Wildman–Crippen MR) is 83.6 cm³/mol. The number of carbonyl (C=O) groups is 2. The van der Waals surface area contributed by atoms with Crippen LogP contribution in [0.3, 0.4) is 0 Å². The van der Waals surface area contributed by atoms with Crippen LogP contribution < -0.4 is 11.2 Å². The van der Waals surface area contributed by atoms with Crippen molar-refractivity contribution in [2.75, 3.05) is 6.61 Å². The van der Waals surface area contributed by atoms with Crippen LogP contribution in [0.15, 0.2) is 20.7 Å². The number of thiocyanates is 1. The van der Waals surface area contributed by atoms with Gasteiger partial charge in [0.25, 0.3) is 5.56 Å². The van der Waals surface area contributed by atoms with E-state index in [-0.39, 0.29) is 17.9 Å². The number of nitriles is 1. The molecule has 2 heterocycles. The zero-order valence-corrected chi connectivity index (χ0v) is 14.2. The molecule has 134 valence electrons. The molecule has 25 heavy (non-hydrogen) atoms. The number of hydrogen-bond donors (Lipinski definition) is 2. The van der Waals surface area contributed by atoms with Crippen LogP contribution in [0.4, 0.5) is 0 Å². The van der Waals surface area contributed by atoms with Gasteiger partial charge in [-0.05, 0) is 18.7 Å². The summed E-state index contributed by atoms with van der Waals surface area (Å²) < 4.78 is 11.3. The maximum atomic E-state index is 12.0. The summed E-state index contributed by atoms with van der Waals surface area (Å²) in [7, 11) is 0. The molecule has 2 rings (SSSR count). The SMILES string of the molecule is CC(=O)OC[C@H]1O[C@@H](n2cc(SC#N)c(=O)[nH]c2=O)C[C@@]1(O)C(C)=O. The molecule has 1 fully saturated rings. The van der Waals surface area contributed by atoms with Crippen molar-refractivity contribution in [2.24, 2.45) is 0 Å². The van der Waals surface area contributed by atoms with Gasteiger partial charge >= 0.3 is 11.7 Å². The van der Waals surface area contributed by atoms with E-state index in [4.69, 9.17) is 14.7 Å². The Morgan fingerprint density at radius 2 is 2.24 bits per heavy atom. The second kappa shape index (κ2) is 7.22. The van der Waals surface area contributed by atoms with E-state index in [1.807, 2.05) is 4.98 Å². The van der Waals surface area contributed by atoms with Crippen molar-refractivity contribution < 1.29 is 24.2 Å². The smallest absolute Gasteiger partial charge is 0.330 e. The molecule has 11 heteroatoms. The van der Waals surface area contributed by atoms with Crippen LogP contribution in [0.2, 0.25) is 0 Å². The van der Waals surface area contributed by atoms with Gasteiger partial charge in [-0.1, -0.05) is 0 Å². The molecule has 0 unspecified atom stereocenters. The molecule has 0 saturated carbocycles. The molecule has 3 atom stereocenters. The lowest BCUT2D eigenvalue weighted by Crippen LogP contribution is -2.47. The fraction of sp³-hybridized carbons (Fsp3) is 0.500. The van der Waals surface area contributed by atoms with Crippen molar-refractivity contribution in [1.82, 2.24) is 9.55 Å². The highest BCUT2D eigenvalue weighted by atomic mass is 32.2. The first-order chi connectivity index (χ1) is 11.7. The number of nitrogens with zero attached hydrogens (tertiary/aromatic N) is 2. The van der Waals surface area contributed by atoms with Gasteiger partial charge in [0.15, 0.2) is 11.4 Å². The number of H-pyrrole nitrogens is 1. The number of aromatic amines is 1. The van der Waals surface area contributed by atoms with Crippen molar-refractivity contribution in [1.29, 1.82) is 5.26 Å². The highest BCUT2D eigenvalue weighted by molar-refractivity contribution is 8.03. The van der Waals surface area contributed by atoms with Gasteiger partial charge in [0.1, 0.15) is 29.2 Å². The van der Waals surface area contributed by atoms with Crippen LogP contribution in [-0.4, -0.2) is 44.7 Å². The first-order valence-corrected chi connectivity index (χ1v) is 7.94. The number of nitrogens with one attached hydrogen (secondary N) is 1. The van der Waals surface area contributed by atoms with Gasteiger partial charge in [0.2, 0.25) is 0 Å². The summed E-state index contributed by atoms with van der Waals surface area (Å²) in [5.74, 6) is -1.23. The van der Waals surface area contributed by atoms with E-state index in [1.165, 1.54) is 0 Å². The molecule has 1 saturated heterocycles. The Bertz CT molecular complexity index is 855. The third kappa shape index (κ3) is 3.81. The summed E-state index contributed by atoms with van der Waals surface area (Å²) in [5, 5.41) is 21.0. The third-order valence-corrected chi connectivity index (χ3v) is 4.39. The number of hydrogen-bond acceptors (Lipinski definition) is 9. The molecule has 1 aliphatic heterocycles. The number of Topliss-reactive ketones (excluding diaryl/α,β-unsaturated/α-hetero) is 1. The van der Waals surface area contributed by atoms with Crippen LogP contribution in [-0.2, 0) is 19.1 Å². The number of aromatic nitrogens is 2. The van der Waals surface area contributed by atoms with Crippen molar-refractivity contribution in [3.05, 3.63) is 27.0 Å². The van der Waals surface area contributed by atoms with Gasteiger partial charge in [-0.2, -0.15) is 5.26 Å². The van der Waals surface area contributed by atoms with Gasteiger partial charge in [-0.25, -0.2) is 4.79 Å². The Hall–Kier alpha value is -2.42. The largest absolute Gasteiger partial charge is 0.463 e. The molecule has 0 radical (unpaired) electrons. The lowest BCUT2D eigenvalue weighted by atomic mass is 9.91. The van der Waals surface area contributed by atoms with Crippen LogP contribution in [0.5, 0.6) is 0 Å². The van der Waals surface area contributed by atoms with Gasteiger partial charge in [-0.15, -0.1) is 0 Å². The number of carbonyl (C=O) groups excluding carboxylic acids is 2. The first-order valence-electron chi connectivity index (χ1n) is 7.12. The Balaban J connectivity index is 2.38. The highest BCUT2D eigenvalue weighted by Crippen LogP contribution is 2.37. The van der Waals surface area contributed by atoms with E-state index in [0.29, 0.717) is 11.8 Å². The second-order valence-corrected chi connectivity index (χ2v) is 6.25. The van der Waals surface area contributed by atoms with E-state index in [9.17, 15) is 24.3 Å². The number of ketones is 1. The molecule has 0 aliphatic carbocycles. The van der Waals surface area contributed by atoms with E-state index in [1.54, 1.807) is 5.40 Å².